The maximum absolute atomic E-state index is 11.7. The fraction of sp³-hybridized carbons (Fsp3) is 0.857. The minimum atomic E-state index is -0.755. The Labute approximate surface area is 120 Å². The Balaban J connectivity index is 2.30. The highest BCUT2D eigenvalue weighted by molar-refractivity contribution is 5.68. The summed E-state index contributed by atoms with van der Waals surface area (Å²) in [5.74, 6) is -0.755. The van der Waals surface area contributed by atoms with Gasteiger partial charge in [-0.05, 0) is 46.5 Å². The van der Waals surface area contributed by atoms with E-state index in [1.54, 1.807) is 0 Å². The molecule has 0 unspecified atom stereocenters. The molecule has 0 aromatic heterocycles. The van der Waals surface area contributed by atoms with Crippen LogP contribution in [0.25, 0.3) is 0 Å². The molecule has 1 aliphatic rings. The summed E-state index contributed by atoms with van der Waals surface area (Å²) in [6, 6.07) is 0. The third-order valence-electron chi connectivity index (χ3n) is 3.13. The number of carboxylic acids is 1. The summed E-state index contributed by atoms with van der Waals surface area (Å²) in [5, 5.41) is 11.5. The van der Waals surface area contributed by atoms with Gasteiger partial charge in [-0.15, -0.1) is 0 Å². The van der Waals surface area contributed by atoms with E-state index in [1.165, 1.54) is 0 Å². The largest absolute Gasteiger partial charge is 0.481 e. The number of hydrogen-bond donors (Lipinski definition) is 2. The molecule has 0 aromatic carbocycles. The molecular formula is C14H26N2O4. The van der Waals surface area contributed by atoms with Gasteiger partial charge in [0.15, 0.2) is 0 Å². The van der Waals surface area contributed by atoms with Crippen LogP contribution in [0.1, 0.15) is 52.9 Å². The highest BCUT2D eigenvalue weighted by atomic mass is 16.6. The molecule has 116 valence electrons. The van der Waals surface area contributed by atoms with Crippen LogP contribution < -0.4 is 5.32 Å². The van der Waals surface area contributed by atoms with Crippen LogP contribution in [-0.2, 0) is 9.53 Å². The monoisotopic (exact) mass is 286 g/mol. The average Bonchev–Trinajstić information content (AvgIpc) is 2.69. The number of hydrogen-bond acceptors (Lipinski definition) is 4. The first-order valence-corrected chi connectivity index (χ1v) is 7.23. The molecule has 0 bridgehead atoms. The third kappa shape index (κ3) is 6.75. The number of likely N-dealkylation sites (tertiary alicyclic amines) is 1. The summed E-state index contributed by atoms with van der Waals surface area (Å²) in [6.45, 7) is 7.27. The molecule has 1 heterocycles. The Hall–Kier alpha value is -1.30. The van der Waals surface area contributed by atoms with Crippen molar-refractivity contribution in [2.75, 3.05) is 13.1 Å². The zero-order valence-corrected chi connectivity index (χ0v) is 12.6. The molecular weight excluding hydrogens is 260 g/mol. The minimum absolute atomic E-state index is 0.00896. The van der Waals surface area contributed by atoms with Crippen molar-refractivity contribution < 1.29 is 19.4 Å². The lowest BCUT2D eigenvalue weighted by atomic mass is 10.2. The fourth-order valence-corrected chi connectivity index (χ4v) is 2.29. The number of nitrogens with one attached hydrogen (secondary N) is 1. The summed E-state index contributed by atoms with van der Waals surface area (Å²) >= 11 is 0. The molecule has 0 aromatic rings. The van der Waals surface area contributed by atoms with Crippen molar-refractivity contribution in [1.29, 1.82) is 0 Å². The van der Waals surface area contributed by atoms with Crippen molar-refractivity contribution in [3.63, 3.8) is 0 Å². The van der Waals surface area contributed by atoms with Gasteiger partial charge >= 0.3 is 12.1 Å². The van der Waals surface area contributed by atoms with E-state index < -0.39 is 11.6 Å². The highest BCUT2D eigenvalue weighted by Gasteiger charge is 2.27. The van der Waals surface area contributed by atoms with E-state index >= 15 is 0 Å². The number of carboxylic acid groups (broad SMARTS) is 1. The Kier molecular flexibility index (Phi) is 6.26. The van der Waals surface area contributed by atoms with Gasteiger partial charge in [0, 0.05) is 19.5 Å². The maximum Gasteiger partial charge on any atom is 0.408 e. The molecule has 6 nitrogen and oxygen atoms in total. The molecule has 1 aliphatic heterocycles. The Morgan fingerprint density at radius 2 is 2.05 bits per heavy atom. The van der Waals surface area contributed by atoms with Gasteiger partial charge in [0.1, 0.15) is 5.60 Å². The zero-order valence-electron chi connectivity index (χ0n) is 12.6. The maximum atomic E-state index is 11.7. The van der Waals surface area contributed by atoms with Crippen LogP contribution in [0.2, 0.25) is 0 Å². The van der Waals surface area contributed by atoms with Gasteiger partial charge in [0.25, 0.3) is 0 Å². The standard InChI is InChI=1S/C14H26N2O4/c1-14(2,3)20-13(19)15-11-7-6-10-16(11)9-5-4-8-12(17)18/h11H,4-10H2,1-3H3,(H,15,19)(H,17,18)/t11-/m0/s1. The molecule has 0 saturated carbocycles. The smallest absolute Gasteiger partial charge is 0.408 e. The molecule has 1 amide bonds. The number of amides is 1. The number of alkyl carbamates (subject to hydrolysis) is 1. The van der Waals surface area contributed by atoms with Gasteiger partial charge < -0.3 is 15.2 Å². The number of carbonyl (C=O) groups excluding carboxylic acids is 1. The number of rotatable bonds is 6. The quantitative estimate of drug-likeness (QED) is 0.732. The topological polar surface area (TPSA) is 78.9 Å². The summed E-state index contributed by atoms with van der Waals surface area (Å²) in [7, 11) is 0. The van der Waals surface area contributed by atoms with E-state index in [-0.39, 0.29) is 18.7 Å². The van der Waals surface area contributed by atoms with Crippen molar-refractivity contribution in [2.24, 2.45) is 0 Å². The van der Waals surface area contributed by atoms with Gasteiger partial charge in [-0.25, -0.2) is 4.79 Å². The lowest BCUT2D eigenvalue weighted by Gasteiger charge is -2.27. The van der Waals surface area contributed by atoms with Gasteiger partial charge in [0.05, 0.1) is 6.17 Å². The molecule has 20 heavy (non-hydrogen) atoms. The first-order valence-electron chi connectivity index (χ1n) is 7.23. The minimum Gasteiger partial charge on any atom is -0.481 e. The molecule has 0 aliphatic carbocycles. The van der Waals surface area contributed by atoms with Crippen molar-refractivity contribution in [1.82, 2.24) is 10.2 Å². The molecule has 1 rings (SSSR count). The summed E-state index contributed by atoms with van der Waals surface area (Å²) < 4.78 is 5.25. The molecule has 1 fully saturated rings. The fourth-order valence-electron chi connectivity index (χ4n) is 2.29. The van der Waals surface area contributed by atoms with E-state index in [0.717, 1.165) is 32.4 Å². The lowest BCUT2D eigenvalue weighted by molar-refractivity contribution is -0.137. The van der Waals surface area contributed by atoms with E-state index in [1.807, 2.05) is 20.8 Å². The summed E-state index contributed by atoms with van der Waals surface area (Å²) in [5.41, 5.74) is -0.491. The van der Waals surface area contributed by atoms with Crippen LogP contribution in [0, 0.1) is 0 Å². The van der Waals surface area contributed by atoms with Gasteiger partial charge in [-0.3, -0.25) is 9.69 Å². The number of carbonyl (C=O) groups is 2. The average molecular weight is 286 g/mol. The second kappa shape index (κ2) is 7.47. The SMILES string of the molecule is CC(C)(C)OC(=O)N[C@@H]1CCCN1CCCCC(=O)O. The lowest BCUT2D eigenvalue weighted by Crippen LogP contribution is -2.46. The molecule has 0 radical (unpaired) electrons. The third-order valence-corrected chi connectivity index (χ3v) is 3.13. The number of nitrogens with zero attached hydrogens (tertiary/aromatic N) is 1. The van der Waals surface area contributed by atoms with Crippen LogP contribution in [0.3, 0.4) is 0 Å². The first kappa shape index (κ1) is 16.8. The van der Waals surface area contributed by atoms with E-state index in [9.17, 15) is 9.59 Å². The molecule has 2 N–H and O–H groups in total. The van der Waals surface area contributed by atoms with Crippen molar-refractivity contribution >= 4 is 12.1 Å². The van der Waals surface area contributed by atoms with Crippen molar-refractivity contribution in [3.8, 4) is 0 Å². The Bertz CT molecular complexity index is 339. The van der Waals surface area contributed by atoms with Crippen LogP contribution in [0.15, 0.2) is 0 Å². The van der Waals surface area contributed by atoms with E-state index in [2.05, 4.69) is 10.2 Å². The highest BCUT2D eigenvalue weighted by Crippen LogP contribution is 2.17. The van der Waals surface area contributed by atoms with Crippen LogP contribution >= 0.6 is 0 Å². The molecule has 6 heteroatoms. The number of ether oxygens (including phenoxy) is 1. The first-order chi connectivity index (χ1) is 9.28. The predicted molar refractivity (Wildman–Crippen MR) is 75.5 cm³/mol. The van der Waals surface area contributed by atoms with Crippen LogP contribution in [0.4, 0.5) is 4.79 Å². The van der Waals surface area contributed by atoms with Crippen LogP contribution in [-0.4, -0.2) is 46.9 Å². The van der Waals surface area contributed by atoms with Gasteiger partial charge in [-0.1, -0.05) is 0 Å². The zero-order chi connectivity index (χ0) is 15.2. The second-order valence-corrected chi connectivity index (χ2v) is 6.19. The molecule has 0 spiro atoms. The van der Waals surface area contributed by atoms with E-state index in [4.69, 9.17) is 9.84 Å². The number of aliphatic carboxylic acids is 1. The second-order valence-electron chi connectivity index (χ2n) is 6.19. The molecule has 1 atom stereocenters. The summed E-state index contributed by atoms with van der Waals surface area (Å²) in [6.07, 6.45) is 3.29. The molecule has 1 saturated heterocycles. The van der Waals surface area contributed by atoms with Crippen molar-refractivity contribution in [2.45, 2.75) is 64.6 Å². The van der Waals surface area contributed by atoms with Crippen molar-refractivity contribution in [3.05, 3.63) is 0 Å². The summed E-state index contributed by atoms with van der Waals surface area (Å²) in [4.78, 5) is 24.4. The van der Waals surface area contributed by atoms with Crippen LogP contribution in [0.5, 0.6) is 0 Å². The number of unbranched alkanes of at least 4 members (excludes halogenated alkanes) is 1. The Morgan fingerprint density at radius 3 is 2.65 bits per heavy atom. The predicted octanol–water partition coefficient (Wildman–Crippen LogP) is 2.19. The Morgan fingerprint density at radius 1 is 1.35 bits per heavy atom. The van der Waals surface area contributed by atoms with Gasteiger partial charge in [-0.2, -0.15) is 0 Å². The van der Waals surface area contributed by atoms with E-state index in [0.29, 0.717) is 6.42 Å². The normalized spacial score (nSPS) is 19.9. The van der Waals surface area contributed by atoms with Gasteiger partial charge in [0.2, 0.25) is 0 Å².